The largest absolute Gasteiger partial charge is 0.150 e. The van der Waals surface area contributed by atoms with Gasteiger partial charge >= 0.3 is 0 Å². The van der Waals surface area contributed by atoms with Gasteiger partial charge in [0.2, 0.25) is 0 Å². The molecule has 0 bridgehead atoms. The van der Waals surface area contributed by atoms with Gasteiger partial charge in [0.15, 0.2) is 0 Å². The van der Waals surface area contributed by atoms with Gasteiger partial charge in [0, 0.05) is 34.7 Å². The summed E-state index contributed by atoms with van der Waals surface area (Å²) < 4.78 is 0. The molecule has 2 heterocycles. The zero-order valence-electron chi connectivity index (χ0n) is 25.9. The summed E-state index contributed by atoms with van der Waals surface area (Å²) in [6.07, 6.45) is 20.3. The topological polar surface area (TPSA) is 51.6 Å². The highest BCUT2D eigenvalue weighted by atomic mass is 35.5. The fourth-order valence-electron chi connectivity index (χ4n) is 5.50. The standard InChI is InChI=1S/C33H40Cl6N4S2/c1-3-5-7-9-11-13-15-17-19-21-41-43-33(45-21)25-23-22(26(34)31(39)29(25)37)24(28(36)30(38)27(23)35)32-42-40-20(44-32)18-16-14-12-10-8-6-4-2/h3-19H2,1-2H3. The number of aromatic nitrogens is 4. The summed E-state index contributed by atoms with van der Waals surface area (Å²) in [7, 11) is 0. The number of halogens is 6. The highest BCUT2D eigenvalue weighted by Gasteiger charge is 2.29. The molecule has 0 radical (unpaired) electrons. The number of fused-ring (bicyclic) bond motifs is 1. The van der Waals surface area contributed by atoms with Crippen LogP contribution >= 0.6 is 92.3 Å². The molecule has 45 heavy (non-hydrogen) atoms. The SMILES string of the molecule is CCCCCCCCCCc1nnc(-c2c(Cl)c(Cl)c(Cl)c3c(-c4nnc(CCCCCCCCC)s4)c(Cl)c(Cl)c(Cl)c23)s1. The van der Waals surface area contributed by atoms with E-state index in [0.717, 1.165) is 35.7 Å². The molecule has 0 saturated carbocycles. The lowest BCUT2D eigenvalue weighted by molar-refractivity contribution is 0.574. The molecule has 0 amide bonds. The Kier molecular flexibility index (Phi) is 15.7. The molecule has 12 heteroatoms. The third kappa shape index (κ3) is 9.59. The summed E-state index contributed by atoms with van der Waals surface area (Å²) in [6.45, 7) is 4.48. The second-order valence-electron chi connectivity index (χ2n) is 11.5. The lowest BCUT2D eigenvalue weighted by Crippen LogP contribution is -1.93. The van der Waals surface area contributed by atoms with Crippen LogP contribution in [0.25, 0.3) is 31.9 Å². The van der Waals surface area contributed by atoms with Gasteiger partial charge in [-0.15, -0.1) is 20.4 Å². The summed E-state index contributed by atoms with van der Waals surface area (Å²) in [5.41, 5.74) is 1.08. The van der Waals surface area contributed by atoms with Gasteiger partial charge in [-0.05, 0) is 12.8 Å². The minimum Gasteiger partial charge on any atom is -0.143 e. The highest BCUT2D eigenvalue weighted by molar-refractivity contribution is 7.15. The van der Waals surface area contributed by atoms with Gasteiger partial charge in [0.1, 0.15) is 20.0 Å². The molecule has 0 aliphatic carbocycles. The van der Waals surface area contributed by atoms with E-state index in [2.05, 4.69) is 34.2 Å². The van der Waals surface area contributed by atoms with Gasteiger partial charge in [0.05, 0.1) is 30.1 Å². The Morgan fingerprint density at radius 1 is 0.400 bits per heavy atom. The quantitative estimate of drug-likeness (QED) is 0.0704. The van der Waals surface area contributed by atoms with Crippen LogP contribution in [0.3, 0.4) is 0 Å². The molecule has 4 aromatic rings. The van der Waals surface area contributed by atoms with E-state index in [1.807, 2.05) is 0 Å². The van der Waals surface area contributed by atoms with E-state index in [4.69, 9.17) is 69.6 Å². The van der Waals surface area contributed by atoms with Crippen LogP contribution in [0.1, 0.15) is 120 Å². The van der Waals surface area contributed by atoms with Crippen molar-refractivity contribution in [2.45, 2.75) is 123 Å². The van der Waals surface area contributed by atoms with Crippen LogP contribution in [-0.4, -0.2) is 20.4 Å². The molecule has 4 rings (SSSR count). The maximum Gasteiger partial charge on any atom is 0.150 e. The molecule has 0 spiro atoms. The summed E-state index contributed by atoms with van der Waals surface area (Å²) in [5.74, 6) is 0. The normalized spacial score (nSPS) is 11.7. The van der Waals surface area contributed by atoms with E-state index in [9.17, 15) is 0 Å². The first-order chi connectivity index (χ1) is 21.8. The Labute approximate surface area is 305 Å². The van der Waals surface area contributed by atoms with E-state index >= 15 is 0 Å². The predicted octanol–water partition coefficient (Wildman–Crippen LogP) is 14.8. The van der Waals surface area contributed by atoms with Gasteiger partial charge in [-0.1, -0.05) is 190 Å². The lowest BCUT2D eigenvalue weighted by Gasteiger charge is -2.17. The number of unbranched alkanes of at least 4 members (excludes halogenated alkanes) is 13. The average Bonchev–Trinajstić information content (AvgIpc) is 3.70. The molecule has 2 aromatic carbocycles. The van der Waals surface area contributed by atoms with E-state index < -0.39 is 0 Å². The van der Waals surface area contributed by atoms with Crippen molar-refractivity contribution in [1.29, 1.82) is 0 Å². The van der Waals surface area contributed by atoms with E-state index in [0.29, 0.717) is 31.9 Å². The molecule has 0 fully saturated rings. The molecule has 4 nitrogen and oxygen atoms in total. The predicted molar refractivity (Wildman–Crippen MR) is 200 cm³/mol. The van der Waals surface area contributed by atoms with Crippen LogP contribution in [-0.2, 0) is 12.8 Å². The maximum atomic E-state index is 6.89. The summed E-state index contributed by atoms with van der Waals surface area (Å²) in [5, 5.41) is 23.4. The Balaban J connectivity index is 1.60. The second kappa shape index (κ2) is 18.9. The Bertz CT molecular complexity index is 1550. The molecule has 0 aliphatic rings. The van der Waals surface area contributed by atoms with Gasteiger partial charge in [-0.2, -0.15) is 0 Å². The van der Waals surface area contributed by atoms with Crippen LogP contribution in [0.2, 0.25) is 30.1 Å². The number of hydrogen-bond donors (Lipinski definition) is 0. The number of rotatable bonds is 19. The van der Waals surface area contributed by atoms with Gasteiger partial charge in [0.25, 0.3) is 0 Å². The third-order valence-corrected chi connectivity index (χ3v) is 12.7. The Hall–Kier alpha value is -0.440. The van der Waals surface area contributed by atoms with Crippen LogP contribution in [0.15, 0.2) is 0 Å². The third-order valence-electron chi connectivity index (χ3n) is 8.00. The number of benzene rings is 2. The van der Waals surface area contributed by atoms with Gasteiger partial charge in [-0.25, -0.2) is 0 Å². The highest BCUT2D eigenvalue weighted by Crippen LogP contribution is 2.55. The zero-order chi connectivity index (χ0) is 32.3. The molecule has 0 atom stereocenters. The van der Waals surface area contributed by atoms with E-state index in [1.54, 1.807) is 0 Å². The first-order valence-electron chi connectivity index (χ1n) is 16.1. The monoisotopic (exact) mass is 766 g/mol. The van der Waals surface area contributed by atoms with Crippen LogP contribution < -0.4 is 0 Å². The van der Waals surface area contributed by atoms with Crippen molar-refractivity contribution >= 4 is 103 Å². The zero-order valence-corrected chi connectivity index (χ0v) is 32.1. The fourth-order valence-corrected chi connectivity index (χ4v) is 9.09. The van der Waals surface area contributed by atoms with Crippen LogP contribution in [0, 0.1) is 0 Å². The summed E-state index contributed by atoms with van der Waals surface area (Å²) >= 11 is 44.0. The van der Waals surface area contributed by atoms with E-state index in [-0.39, 0.29) is 30.1 Å². The lowest BCUT2D eigenvalue weighted by atomic mass is 9.99. The van der Waals surface area contributed by atoms with E-state index in [1.165, 1.54) is 106 Å². The minimum atomic E-state index is 0.184. The van der Waals surface area contributed by atoms with Crippen molar-refractivity contribution in [1.82, 2.24) is 20.4 Å². The summed E-state index contributed by atoms with van der Waals surface area (Å²) in [4.78, 5) is 0. The van der Waals surface area contributed by atoms with Crippen molar-refractivity contribution in [3.63, 3.8) is 0 Å². The van der Waals surface area contributed by atoms with Crippen molar-refractivity contribution in [2.75, 3.05) is 0 Å². The van der Waals surface area contributed by atoms with Crippen LogP contribution in [0.5, 0.6) is 0 Å². The molecule has 246 valence electrons. The molecular formula is C33H40Cl6N4S2. The van der Waals surface area contributed by atoms with Crippen LogP contribution in [0.4, 0.5) is 0 Å². The maximum absolute atomic E-state index is 6.89. The molecule has 0 aliphatic heterocycles. The first kappa shape index (κ1) is 37.4. The Morgan fingerprint density at radius 3 is 1.09 bits per heavy atom. The fraction of sp³-hybridized carbons (Fsp3) is 0.576. The van der Waals surface area contributed by atoms with Crippen molar-refractivity contribution in [3.8, 4) is 21.1 Å². The number of aryl methyl sites for hydroxylation is 2. The molecule has 0 saturated heterocycles. The van der Waals surface area contributed by atoms with Gasteiger partial charge < -0.3 is 0 Å². The Morgan fingerprint density at radius 2 is 0.733 bits per heavy atom. The average molecular weight is 770 g/mol. The number of nitrogens with zero attached hydrogens (tertiary/aromatic N) is 4. The molecule has 0 N–H and O–H groups in total. The van der Waals surface area contributed by atoms with Gasteiger partial charge in [-0.3, -0.25) is 0 Å². The molecular weight excluding hydrogens is 729 g/mol. The summed E-state index contributed by atoms with van der Waals surface area (Å²) in [6, 6.07) is 0. The van der Waals surface area contributed by atoms with Crippen molar-refractivity contribution in [3.05, 3.63) is 40.2 Å². The first-order valence-corrected chi connectivity index (χ1v) is 20.0. The second-order valence-corrected chi connectivity index (χ2v) is 15.9. The smallest absolute Gasteiger partial charge is 0.143 e. The molecule has 0 unspecified atom stereocenters. The van der Waals surface area contributed by atoms with Crippen molar-refractivity contribution in [2.24, 2.45) is 0 Å². The molecule has 2 aromatic heterocycles. The number of hydrogen-bond acceptors (Lipinski definition) is 6. The van der Waals surface area contributed by atoms with Crippen molar-refractivity contribution < 1.29 is 0 Å². The minimum absolute atomic E-state index is 0.184.